The topological polar surface area (TPSA) is 228 Å². The summed E-state index contributed by atoms with van der Waals surface area (Å²) in [6.45, 7) is 5.95. The Morgan fingerprint density at radius 2 is 2.00 bits per heavy atom. The normalized spacial score (nSPS) is 21.6. The first-order valence-electron chi connectivity index (χ1n) is 13.4. The summed E-state index contributed by atoms with van der Waals surface area (Å²) in [5.74, 6) is -4.66. The van der Waals surface area contributed by atoms with Crippen molar-refractivity contribution in [3.8, 4) is 0 Å². The third-order valence-corrected chi connectivity index (χ3v) is 9.59. The van der Waals surface area contributed by atoms with Crippen molar-refractivity contribution in [1.29, 1.82) is 0 Å². The second-order valence-corrected chi connectivity index (χ2v) is 13.0. The number of amides is 3. The number of nitrogen functional groups attached to an aromatic ring is 1. The molecule has 0 saturated carbocycles. The maximum absolute atomic E-state index is 13.3. The Morgan fingerprint density at radius 3 is 2.56 bits per heavy atom. The largest absolute Gasteiger partial charge is 0.543 e. The fraction of sp³-hybridized carbons (Fsp3) is 0.560. The Bertz CT molecular complexity index is 1390. The Hall–Kier alpha value is -3.74. The molecule has 2 fully saturated rings. The number of hydrogen-bond donors (Lipinski definition) is 4. The highest BCUT2D eigenvalue weighted by Gasteiger charge is 2.54. The van der Waals surface area contributed by atoms with Gasteiger partial charge in [-0.2, -0.15) is 0 Å². The number of anilines is 1. The van der Waals surface area contributed by atoms with Crippen LogP contribution in [-0.4, -0.2) is 121 Å². The van der Waals surface area contributed by atoms with Gasteiger partial charge in [0.15, 0.2) is 10.8 Å². The predicted molar refractivity (Wildman–Crippen MR) is 151 cm³/mol. The Kier molecular flexibility index (Phi) is 9.33. The average Bonchev–Trinajstić information content (AvgIpc) is 3.59. The minimum absolute atomic E-state index is 0.00423. The Labute approximate surface area is 254 Å². The fourth-order valence-electron chi connectivity index (χ4n) is 5.14. The summed E-state index contributed by atoms with van der Waals surface area (Å²) in [7, 11) is 0. The molecule has 1 aromatic heterocycles. The molecule has 4 heterocycles. The number of oxime groups is 1. The number of aliphatic carboxylic acids is 2. The van der Waals surface area contributed by atoms with E-state index in [0.29, 0.717) is 28.2 Å². The van der Waals surface area contributed by atoms with E-state index in [1.807, 2.05) is 0 Å². The minimum atomic E-state index is -1.78. The van der Waals surface area contributed by atoms with Gasteiger partial charge in [0.1, 0.15) is 23.7 Å². The van der Waals surface area contributed by atoms with Crippen molar-refractivity contribution in [3.63, 3.8) is 0 Å². The van der Waals surface area contributed by atoms with Crippen LogP contribution in [0.2, 0.25) is 0 Å². The van der Waals surface area contributed by atoms with E-state index in [2.05, 4.69) is 15.5 Å². The number of carboxylic acids is 2. The number of nitrogens with zero attached hydrogens (tertiary/aromatic N) is 5. The van der Waals surface area contributed by atoms with Crippen molar-refractivity contribution in [1.82, 2.24) is 20.3 Å². The van der Waals surface area contributed by atoms with Gasteiger partial charge in [0.25, 0.3) is 11.8 Å². The number of nitrogens with one attached hydrogen (secondary N) is 1. The molecule has 0 unspecified atom stereocenters. The number of quaternary nitrogens is 1. The maximum Gasteiger partial charge on any atom is 0.350 e. The number of thioether (sulfide) groups is 1. The van der Waals surface area contributed by atoms with Crippen LogP contribution in [-0.2, 0) is 28.8 Å². The molecule has 0 radical (unpaired) electrons. The summed E-state index contributed by atoms with van der Waals surface area (Å²) < 4.78 is 0.452. The van der Waals surface area contributed by atoms with Crippen LogP contribution in [0.3, 0.4) is 0 Å². The number of thiazole rings is 1. The third kappa shape index (κ3) is 6.76. The maximum atomic E-state index is 13.3. The summed E-state index contributed by atoms with van der Waals surface area (Å²) in [5.41, 5.74) is 3.76. The number of rotatable bonds is 12. The standard InChI is InChI=1S/C25H33N7O9S2/c1-13(33)30(40)6-9-32(7-4-5-8-32)10-14-11-42-21-17(20(35)31(21)18(14)22(36)37)28-19(34)16(15-12-43-24(26)27-15)29-41-25(2,3)23(38)39/h12,17,21,40H,4-11H2,1-3H3,(H4-,26,27,28,34,36,37,38,39)/b29-16-/t17-,21-/m1/s1. The lowest BCUT2D eigenvalue weighted by molar-refractivity contribution is -0.912. The predicted octanol–water partition coefficient (Wildman–Crippen LogP) is -1.44. The van der Waals surface area contributed by atoms with Gasteiger partial charge in [-0.25, -0.2) is 14.8 Å². The highest BCUT2D eigenvalue weighted by molar-refractivity contribution is 8.00. The van der Waals surface area contributed by atoms with Gasteiger partial charge in [0.2, 0.25) is 11.5 Å². The number of hydrogen-bond acceptors (Lipinski definition) is 13. The van der Waals surface area contributed by atoms with Gasteiger partial charge in [0.05, 0.1) is 37.8 Å². The quantitative estimate of drug-likeness (QED) is 0.0678. The van der Waals surface area contributed by atoms with Crippen LogP contribution in [0.1, 0.15) is 39.3 Å². The minimum Gasteiger partial charge on any atom is -0.543 e. The third-order valence-electron chi connectivity index (χ3n) is 7.58. The van der Waals surface area contributed by atoms with E-state index in [1.54, 1.807) is 0 Å². The van der Waals surface area contributed by atoms with Crippen LogP contribution in [0.4, 0.5) is 5.13 Å². The molecule has 16 nitrogen and oxygen atoms in total. The molecule has 0 bridgehead atoms. The summed E-state index contributed by atoms with van der Waals surface area (Å²) >= 11 is 2.29. The van der Waals surface area contributed by atoms with Crippen molar-refractivity contribution in [2.24, 2.45) is 5.16 Å². The number of aromatic nitrogens is 1. The molecule has 2 saturated heterocycles. The number of fused-ring (bicyclic) bond motifs is 1. The van der Waals surface area contributed by atoms with Gasteiger partial charge in [-0.05, 0) is 13.8 Å². The lowest BCUT2D eigenvalue weighted by Crippen LogP contribution is -2.72. The molecular formula is C25H33N7O9S2. The number of carbonyl (C=O) groups is 5. The Balaban J connectivity index is 1.53. The second kappa shape index (κ2) is 12.5. The van der Waals surface area contributed by atoms with E-state index in [4.69, 9.17) is 10.6 Å². The first kappa shape index (κ1) is 32.2. The molecule has 0 aromatic carbocycles. The highest BCUT2D eigenvalue weighted by atomic mass is 32.2. The molecular weight excluding hydrogens is 606 g/mol. The van der Waals surface area contributed by atoms with E-state index >= 15 is 0 Å². The number of β-lactam (4-membered cyclic amide) rings is 1. The number of carbonyl (C=O) groups excluding carboxylic acids is 4. The van der Waals surface area contributed by atoms with E-state index in [1.165, 1.54) is 37.9 Å². The summed E-state index contributed by atoms with van der Waals surface area (Å²) in [5, 5.41) is 39.2. The van der Waals surface area contributed by atoms with Crippen LogP contribution in [0.5, 0.6) is 0 Å². The zero-order valence-corrected chi connectivity index (χ0v) is 25.4. The van der Waals surface area contributed by atoms with Gasteiger partial charge in [0, 0.05) is 36.5 Å². The second-order valence-electron chi connectivity index (χ2n) is 11.0. The van der Waals surface area contributed by atoms with Gasteiger partial charge in [-0.3, -0.25) is 24.5 Å². The molecule has 3 aliphatic heterocycles. The summed E-state index contributed by atoms with van der Waals surface area (Å²) in [6, 6.07) is -1.12. The number of likely N-dealkylation sites (tertiary alicyclic amines) is 1. The molecule has 5 N–H and O–H groups in total. The molecule has 3 amide bonds. The van der Waals surface area contributed by atoms with Crippen molar-refractivity contribution in [2.75, 3.05) is 44.2 Å². The number of carboxylic acid groups (broad SMARTS) is 2. The Morgan fingerprint density at radius 1 is 1.33 bits per heavy atom. The van der Waals surface area contributed by atoms with Crippen LogP contribution >= 0.6 is 23.1 Å². The van der Waals surface area contributed by atoms with Crippen molar-refractivity contribution >= 4 is 63.6 Å². The van der Waals surface area contributed by atoms with Crippen LogP contribution in [0.15, 0.2) is 21.8 Å². The van der Waals surface area contributed by atoms with Gasteiger partial charge >= 0.3 is 5.97 Å². The highest BCUT2D eigenvalue weighted by Crippen LogP contribution is 2.41. The van der Waals surface area contributed by atoms with E-state index in [9.17, 15) is 39.4 Å². The van der Waals surface area contributed by atoms with Gasteiger partial charge < -0.3 is 35.4 Å². The van der Waals surface area contributed by atoms with Crippen LogP contribution in [0, 0.1) is 0 Å². The zero-order valence-electron chi connectivity index (χ0n) is 23.8. The molecule has 18 heteroatoms. The van der Waals surface area contributed by atoms with E-state index < -0.39 is 52.4 Å². The summed E-state index contributed by atoms with van der Waals surface area (Å²) in [6.07, 6.45) is 1.79. The van der Waals surface area contributed by atoms with E-state index in [0.717, 1.165) is 42.2 Å². The lowest BCUT2D eigenvalue weighted by Gasteiger charge is -2.51. The van der Waals surface area contributed by atoms with Gasteiger partial charge in [-0.1, -0.05) is 5.16 Å². The molecule has 234 valence electrons. The van der Waals surface area contributed by atoms with Crippen LogP contribution in [0.25, 0.3) is 0 Å². The molecule has 43 heavy (non-hydrogen) atoms. The van der Waals surface area contributed by atoms with Crippen molar-refractivity contribution in [2.45, 2.75) is 50.6 Å². The number of nitrogens with two attached hydrogens (primary N) is 1. The van der Waals surface area contributed by atoms with E-state index in [-0.39, 0.29) is 28.8 Å². The molecule has 1 aromatic rings. The monoisotopic (exact) mass is 639 g/mol. The average molecular weight is 640 g/mol. The molecule has 0 spiro atoms. The van der Waals surface area contributed by atoms with Crippen molar-refractivity contribution in [3.05, 3.63) is 22.3 Å². The smallest absolute Gasteiger partial charge is 0.350 e. The summed E-state index contributed by atoms with van der Waals surface area (Å²) in [4.78, 5) is 72.0. The lowest BCUT2D eigenvalue weighted by atomic mass is 10.0. The van der Waals surface area contributed by atoms with Crippen molar-refractivity contribution < 1.29 is 48.7 Å². The molecule has 0 aliphatic carbocycles. The molecule has 2 atom stereocenters. The zero-order chi connectivity index (χ0) is 31.7. The SMILES string of the molecule is CC(=O)N(O)CC[N+]1(CC2=C(C(=O)[O-])N3C(=O)[C@@H](NC(=O)/C(=N\OC(C)(C)C(=O)O)c4csc(N)n4)[C@H]3SC2)CCCC1. The van der Waals surface area contributed by atoms with Crippen LogP contribution < -0.4 is 16.2 Å². The first-order chi connectivity index (χ1) is 20.2. The van der Waals surface area contributed by atoms with Gasteiger partial charge in [-0.15, -0.1) is 23.1 Å². The first-order valence-corrected chi connectivity index (χ1v) is 15.3. The molecule has 3 aliphatic rings. The fourth-order valence-corrected chi connectivity index (χ4v) is 7.02. The molecule has 4 rings (SSSR count). The number of hydroxylamine groups is 2.